The van der Waals surface area contributed by atoms with Crippen LogP contribution >= 0.6 is 12.8 Å². The fourth-order valence-corrected chi connectivity index (χ4v) is 3.27. The molecule has 0 spiro atoms. The molecule has 0 aliphatic carbocycles. The fourth-order valence-electron chi connectivity index (χ4n) is 3.15. The van der Waals surface area contributed by atoms with Crippen LogP contribution in [0.25, 0.3) is 0 Å². The molecular formula is C20H25N5O3S. The Morgan fingerprint density at radius 1 is 1.21 bits per heavy atom. The van der Waals surface area contributed by atoms with E-state index in [9.17, 15) is 9.59 Å². The number of carbonyl (C=O) groups is 2. The summed E-state index contributed by atoms with van der Waals surface area (Å²) in [6.45, 7) is 2.72. The lowest BCUT2D eigenvalue weighted by molar-refractivity contribution is 0.219. The molecule has 1 fully saturated rings. The second-order valence-corrected chi connectivity index (χ2v) is 7.09. The predicted octanol–water partition coefficient (Wildman–Crippen LogP) is 3.30. The van der Waals surface area contributed by atoms with E-state index < -0.39 is 6.03 Å². The summed E-state index contributed by atoms with van der Waals surface area (Å²) in [5, 5.41) is 0. The number of benzene rings is 1. The topological polar surface area (TPSA) is 92.0 Å². The monoisotopic (exact) mass is 415 g/mol. The second-order valence-electron chi connectivity index (χ2n) is 6.69. The molecule has 9 heteroatoms. The number of urea groups is 2. The highest BCUT2D eigenvalue weighted by atomic mass is 32.1. The van der Waals surface area contributed by atoms with E-state index in [1.807, 2.05) is 23.1 Å². The second kappa shape index (κ2) is 10.0. The predicted molar refractivity (Wildman–Crippen MR) is 115 cm³/mol. The molecule has 0 bridgehead atoms. The van der Waals surface area contributed by atoms with E-state index in [4.69, 9.17) is 10.5 Å². The van der Waals surface area contributed by atoms with E-state index >= 15 is 0 Å². The van der Waals surface area contributed by atoms with Crippen molar-refractivity contribution in [3.8, 4) is 5.75 Å². The van der Waals surface area contributed by atoms with Crippen molar-refractivity contribution in [2.24, 2.45) is 5.73 Å². The molecule has 29 heavy (non-hydrogen) atoms. The average Bonchev–Trinajstić information content (AvgIpc) is 3.11. The van der Waals surface area contributed by atoms with Gasteiger partial charge in [0.25, 0.3) is 0 Å². The molecule has 1 aliphatic rings. The summed E-state index contributed by atoms with van der Waals surface area (Å²) in [7, 11) is 0. The highest BCUT2D eigenvalue weighted by Gasteiger charge is 2.28. The van der Waals surface area contributed by atoms with Gasteiger partial charge in [0.05, 0.1) is 24.2 Å². The summed E-state index contributed by atoms with van der Waals surface area (Å²) in [5.41, 5.74) is 6.61. The van der Waals surface area contributed by atoms with Gasteiger partial charge in [-0.05, 0) is 43.5 Å². The zero-order valence-electron chi connectivity index (χ0n) is 16.1. The van der Waals surface area contributed by atoms with Crippen LogP contribution < -0.4 is 19.7 Å². The van der Waals surface area contributed by atoms with Crippen molar-refractivity contribution in [2.75, 3.05) is 35.4 Å². The third-order valence-corrected chi connectivity index (χ3v) is 5.09. The van der Waals surface area contributed by atoms with Crippen LogP contribution in [0.15, 0.2) is 48.8 Å². The van der Waals surface area contributed by atoms with Crippen molar-refractivity contribution in [1.82, 2.24) is 9.88 Å². The average molecular weight is 416 g/mol. The number of rotatable bonds is 9. The summed E-state index contributed by atoms with van der Waals surface area (Å²) in [5.74, 6) is 0.657. The van der Waals surface area contributed by atoms with Crippen LogP contribution in [0.4, 0.5) is 21.0 Å². The smallest absolute Gasteiger partial charge is 0.329 e. The Morgan fingerprint density at radius 2 is 2.07 bits per heavy atom. The zero-order valence-corrected chi connectivity index (χ0v) is 17.0. The molecule has 1 aliphatic heterocycles. The first-order chi connectivity index (χ1) is 14.1. The quantitative estimate of drug-likeness (QED) is 0.486. The van der Waals surface area contributed by atoms with E-state index in [1.165, 1.54) is 0 Å². The van der Waals surface area contributed by atoms with Gasteiger partial charge in [-0.2, -0.15) is 0 Å². The van der Waals surface area contributed by atoms with Gasteiger partial charge in [0.1, 0.15) is 5.75 Å². The van der Waals surface area contributed by atoms with Crippen LogP contribution in [0.2, 0.25) is 0 Å². The van der Waals surface area contributed by atoms with Gasteiger partial charge in [0.15, 0.2) is 0 Å². The number of hydrogen-bond donors (Lipinski definition) is 2. The summed E-state index contributed by atoms with van der Waals surface area (Å²) in [4.78, 5) is 31.4. The molecule has 0 unspecified atom stereocenters. The Kier molecular flexibility index (Phi) is 7.18. The number of primary amides is 1. The Balaban J connectivity index is 1.35. The lowest BCUT2D eigenvalue weighted by atomic mass is 10.2. The first-order valence-corrected chi connectivity index (χ1v) is 9.94. The maximum atomic E-state index is 12.5. The van der Waals surface area contributed by atoms with Gasteiger partial charge in [0.2, 0.25) is 0 Å². The van der Waals surface area contributed by atoms with Crippen LogP contribution in [0, 0.1) is 0 Å². The standard InChI is InChI=1S/C20H25N5O3S/c21-19(26)25(29)16-6-4-8-18(14-16)28-13-3-1-2-10-23-11-12-24(20(23)27)17-7-5-9-22-15-17/h4-9,14-15,29H,1-3,10-13H2,(H2,21,26). The van der Waals surface area contributed by atoms with E-state index in [0.717, 1.165) is 42.3 Å². The number of aromatic nitrogens is 1. The van der Waals surface area contributed by atoms with E-state index in [1.54, 1.807) is 35.5 Å². The van der Waals surface area contributed by atoms with Crippen LogP contribution in [0.3, 0.4) is 0 Å². The van der Waals surface area contributed by atoms with Gasteiger partial charge in [-0.3, -0.25) is 9.88 Å². The summed E-state index contributed by atoms with van der Waals surface area (Å²) < 4.78 is 6.80. The minimum absolute atomic E-state index is 0.0387. The number of thiol groups is 1. The van der Waals surface area contributed by atoms with Gasteiger partial charge < -0.3 is 15.4 Å². The molecule has 4 amide bonds. The van der Waals surface area contributed by atoms with Crippen molar-refractivity contribution in [3.63, 3.8) is 0 Å². The van der Waals surface area contributed by atoms with Crippen molar-refractivity contribution >= 4 is 36.3 Å². The summed E-state index contributed by atoms with van der Waals surface area (Å²) in [6, 6.07) is 10.2. The number of pyridine rings is 1. The SMILES string of the molecule is NC(=O)N(S)c1cccc(OCCCCCN2CCN(c3cccnc3)C2=O)c1. The zero-order chi connectivity index (χ0) is 20.6. The van der Waals surface area contributed by atoms with E-state index in [-0.39, 0.29) is 6.03 Å². The van der Waals surface area contributed by atoms with Crippen LogP contribution in [0.5, 0.6) is 5.75 Å². The lowest BCUT2D eigenvalue weighted by Crippen LogP contribution is -2.32. The normalized spacial score (nSPS) is 13.6. The molecule has 0 radical (unpaired) electrons. The number of amides is 4. The molecule has 2 aromatic rings. The molecule has 0 saturated carbocycles. The minimum atomic E-state index is -0.649. The minimum Gasteiger partial charge on any atom is -0.494 e. The molecule has 0 atom stereocenters. The van der Waals surface area contributed by atoms with Crippen molar-refractivity contribution in [3.05, 3.63) is 48.8 Å². The molecular weight excluding hydrogens is 390 g/mol. The lowest BCUT2D eigenvalue weighted by Gasteiger charge is -2.18. The largest absolute Gasteiger partial charge is 0.494 e. The fraction of sp³-hybridized carbons (Fsp3) is 0.350. The van der Waals surface area contributed by atoms with Crippen LogP contribution in [0.1, 0.15) is 19.3 Å². The number of unbranched alkanes of at least 4 members (excludes halogenated alkanes) is 2. The first kappa shape index (κ1) is 20.8. The van der Waals surface area contributed by atoms with Gasteiger partial charge >= 0.3 is 12.1 Å². The molecule has 1 saturated heterocycles. The molecule has 1 aromatic heterocycles. The number of anilines is 2. The van der Waals surface area contributed by atoms with Crippen LogP contribution in [-0.2, 0) is 0 Å². The van der Waals surface area contributed by atoms with E-state index in [2.05, 4.69) is 17.8 Å². The number of nitrogens with zero attached hydrogens (tertiary/aromatic N) is 4. The number of hydrogen-bond acceptors (Lipinski definition) is 5. The molecule has 3 rings (SSSR count). The Labute approximate surface area is 175 Å². The first-order valence-electron chi connectivity index (χ1n) is 9.54. The number of carbonyl (C=O) groups excluding carboxylic acids is 2. The molecule has 2 N–H and O–H groups in total. The van der Waals surface area contributed by atoms with Gasteiger partial charge in [0, 0.05) is 31.9 Å². The van der Waals surface area contributed by atoms with Crippen molar-refractivity contribution in [2.45, 2.75) is 19.3 Å². The molecule has 154 valence electrons. The van der Waals surface area contributed by atoms with Crippen molar-refractivity contribution < 1.29 is 14.3 Å². The maximum absolute atomic E-state index is 12.5. The van der Waals surface area contributed by atoms with E-state index in [0.29, 0.717) is 24.6 Å². The highest BCUT2D eigenvalue weighted by molar-refractivity contribution is 7.82. The van der Waals surface area contributed by atoms with Gasteiger partial charge in [-0.25, -0.2) is 13.9 Å². The number of ether oxygens (including phenoxy) is 1. The third kappa shape index (κ3) is 5.54. The number of nitrogens with two attached hydrogens (primary N) is 1. The Hall–Kier alpha value is -2.94. The van der Waals surface area contributed by atoms with Gasteiger partial charge in [-0.1, -0.05) is 18.9 Å². The molecule has 2 heterocycles. The Bertz CT molecular complexity index is 836. The Morgan fingerprint density at radius 3 is 2.83 bits per heavy atom. The summed E-state index contributed by atoms with van der Waals surface area (Å²) in [6.07, 6.45) is 6.16. The molecule has 8 nitrogen and oxygen atoms in total. The molecule has 1 aromatic carbocycles. The van der Waals surface area contributed by atoms with Gasteiger partial charge in [-0.15, -0.1) is 0 Å². The third-order valence-electron chi connectivity index (χ3n) is 4.66. The van der Waals surface area contributed by atoms with Crippen molar-refractivity contribution in [1.29, 1.82) is 0 Å². The van der Waals surface area contributed by atoms with Crippen LogP contribution in [-0.4, -0.2) is 48.2 Å². The highest BCUT2D eigenvalue weighted by Crippen LogP contribution is 2.23. The summed E-state index contributed by atoms with van der Waals surface area (Å²) >= 11 is 4.04. The maximum Gasteiger partial charge on any atom is 0.329 e.